The minimum Gasteiger partial charge on any atom is -0.508 e. The van der Waals surface area contributed by atoms with E-state index in [4.69, 9.17) is 11.5 Å². The van der Waals surface area contributed by atoms with E-state index in [0.717, 1.165) is 0 Å². The van der Waals surface area contributed by atoms with Gasteiger partial charge >= 0.3 is 0 Å². The first-order valence-electron chi connectivity index (χ1n) is 10.3. The van der Waals surface area contributed by atoms with Crippen molar-refractivity contribution in [3.05, 3.63) is 38.6 Å². The average molecular weight is 538 g/mol. The lowest BCUT2D eigenvalue weighted by Crippen LogP contribution is -2.70. The molecular weight excluding hydrogens is 514 g/mol. The highest BCUT2D eigenvalue weighted by Crippen LogP contribution is 2.57. The van der Waals surface area contributed by atoms with Crippen molar-refractivity contribution in [1.29, 1.82) is 0 Å². The van der Waals surface area contributed by atoms with Crippen LogP contribution in [0, 0.1) is 11.8 Å². The molecule has 0 aromatic heterocycles. The number of rotatable bonds is 2. The maximum Gasteiger partial charge on any atom is 0.255 e. The number of carbonyl (C=O) groups is 3. The average Bonchev–Trinajstić information content (AvgIpc) is 2.74. The van der Waals surface area contributed by atoms with Crippen LogP contribution in [0.2, 0.25) is 0 Å². The van der Waals surface area contributed by atoms with Gasteiger partial charge in [-0.15, -0.1) is 0 Å². The number of hydrogen-bond donors (Lipinski definition) is 7. The quantitative estimate of drug-likeness (QED) is 0.150. The molecule has 3 aliphatic rings. The van der Waals surface area contributed by atoms with Crippen molar-refractivity contribution >= 4 is 44.9 Å². The molecular formula is C22H24BrN3O8. The van der Waals surface area contributed by atoms with Crippen molar-refractivity contribution in [2.45, 2.75) is 30.6 Å². The molecule has 6 atom stereocenters. The molecule has 9 N–H and O–H groups in total. The number of nitrogens with two attached hydrogens (primary N) is 2. The molecule has 3 unspecified atom stereocenters. The Morgan fingerprint density at radius 2 is 1.79 bits per heavy atom. The van der Waals surface area contributed by atoms with E-state index in [1.807, 2.05) is 0 Å². The summed E-state index contributed by atoms with van der Waals surface area (Å²) >= 11 is 3.23. The fourth-order valence-electron chi connectivity index (χ4n) is 5.66. The summed E-state index contributed by atoms with van der Waals surface area (Å²) in [6, 6.07) is 0.143. The van der Waals surface area contributed by atoms with Crippen molar-refractivity contribution in [2.24, 2.45) is 17.6 Å². The Kier molecular flexibility index (Phi) is 5.36. The number of nitrogen functional groups attached to an aromatic ring is 1. The highest BCUT2D eigenvalue weighted by Gasteiger charge is 2.68. The van der Waals surface area contributed by atoms with Gasteiger partial charge in [0.1, 0.15) is 17.1 Å². The smallest absolute Gasteiger partial charge is 0.255 e. The van der Waals surface area contributed by atoms with Gasteiger partial charge in [0.25, 0.3) is 5.91 Å². The van der Waals surface area contributed by atoms with Gasteiger partial charge in [0.2, 0.25) is 5.78 Å². The zero-order valence-corrected chi connectivity index (χ0v) is 20.0. The van der Waals surface area contributed by atoms with Gasteiger partial charge in [-0.05, 0) is 47.6 Å². The summed E-state index contributed by atoms with van der Waals surface area (Å²) < 4.78 is 0.325. The number of phenols is 1. The molecule has 11 nitrogen and oxygen atoms in total. The second-order valence-electron chi connectivity index (χ2n) is 9.13. The molecule has 1 amide bonds. The molecule has 1 aromatic rings. The predicted molar refractivity (Wildman–Crippen MR) is 122 cm³/mol. The van der Waals surface area contributed by atoms with E-state index in [1.165, 1.54) is 25.1 Å². The number of nitrogens with zero attached hydrogens (tertiary/aromatic N) is 1. The number of phenolic OH excluding ortho intramolecular Hbond substituents is 1. The number of amides is 1. The number of aliphatic hydroxyl groups is 4. The number of aromatic hydroxyl groups is 1. The van der Waals surface area contributed by atoms with Crippen LogP contribution in [0.25, 0.3) is 5.76 Å². The fourth-order valence-corrected chi connectivity index (χ4v) is 6.09. The lowest BCUT2D eigenvalue weighted by atomic mass is 9.54. The number of benzene rings is 1. The Balaban J connectivity index is 2.08. The van der Waals surface area contributed by atoms with Crippen molar-refractivity contribution < 1.29 is 39.9 Å². The van der Waals surface area contributed by atoms with Gasteiger partial charge in [-0.25, -0.2) is 0 Å². The van der Waals surface area contributed by atoms with Gasteiger partial charge in [-0.1, -0.05) is 6.92 Å². The van der Waals surface area contributed by atoms with Crippen LogP contribution < -0.4 is 11.5 Å². The molecule has 0 radical (unpaired) electrons. The second-order valence-corrected chi connectivity index (χ2v) is 9.99. The molecule has 182 valence electrons. The molecule has 1 saturated carbocycles. The Morgan fingerprint density at radius 3 is 2.32 bits per heavy atom. The van der Waals surface area contributed by atoms with Crippen LogP contribution in [0.3, 0.4) is 0 Å². The van der Waals surface area contributed by atoms with Gasteiger partial charge in [-0.2, -0.15) is 0 Å². The first kappa shape index (κ1) is 24.2. The molecule has 3 aliphatic carbocycles. The molecule has 0 saturated heterocycles. The molecule has 4 rings (SSSR count). The Morgan fingerprint density at radius 1 is 1.21 bits per heavy atom. The van der Waals surface area contributed by atoms with E-state index in [1.54, 1.807) is 6.92 Å². The van der Waals surface area contributed by atoms with Crippen molar-refractivity contribution in [3.8, 4) is 5.75 Å². The zero-order chi connectivity index (χ0) is 25.6. The summed E-state index contributed by atoms with van der Waals surface area (Å²) in [5.74, 6) is -9.50. The van der Waals surface area contributed by atoms with Gasteiger partial charge in [0.15, 0.2) is 17.1 Å². The third kappa shape index (κ3) is 2.76. The first-order chi connectivity index (χ1) is 15.7. The standard InChI is InChI=1S/C22H24BrN3O8/c1-5-6-4-7(23)13(24)17(29)9(6)15(27)10-8(5)16(28)12-14(26(2)3)18(30)11(21(25)33)20(32)22(12,34)19(10)31/h4-5,8,12,14,16,27-29,32,34H,24H2,1-3H3,(H2,25,33)/t5-,8?,12?,14-,16?,22-/m0/s1. The summed E-state index contributed by atoms with van der Waals surface area (Å²) in [5, 5.41) is 55.6. The minimum atomic E-state index is -2.94. The van der Waals surface area contributed by atoms with Crippen molar-refractivity contribution in [1.82, 2.24) is 4.90 Å². The van der Waals surface area contributed by atoms with Gasteiger partial charge < -0.3 is 37.0 Å². The molecule has 1 fully saturated rings. The number of likely N-dealkylation sites (N-methyl/N-ethyl adjacent to an activating group) is 1. The summed E-state index contributed by atoms with van der Waals surface area (Å²) in [7, 11) is 2.89. The van der Waals surface area contributed by atoms with E-state index < -0.39 is 81.4 Å². The van der Waals surface area contributed by atoms with Crippen LogP contribution in [0.4, 0.5) is 5.69 Å². The summed E-state index contributed by atoms with van der Waals surface area (Å²) in [5.41, 5.74) is 6.86. The van der Waals surface area contributed by atoms with E-state index in [-0.39, 0.29) is 11.3 Å². The Labute approximate surface area is 202 Å². The molecule has 12 heteroatoms. The molecule has 0 bridgehead atoms. The predicted octanol–water partition coefficient (Wildman–Crippen LogP) is -0.159. The number of fused-ring (bicyclic) bond motifs is 3. The SMILES string of the molecule is C[C@H]1c2cc(Br)c(N)c(O)c2C(O)=C2C(=O)[C@]3(O)C(O)=C(C(N)=O)C(=O)[C@@H](N(C)C)C3C(O)C21. The van der Waals surface area contributed by atoms with E-state index >= 15 is 0 Å². The fraction of sp³-hybridized carbons (Fsp3) is 0.409. The molecule has 1 aromatic carbocycles. The number of halogens is 1. The zero-order valence-electron chi connectivity index (χ0n) is 18.4. The highest BCUT2D eigenvalue weighted by molar-refractivity contribution is 9.10. The first-order valence-corrected chi connectivity index (χ1v) is 11.1. The minimum absolute atomic E-state index is 0.105. The summed E-state index contributed by atoms with van der Waals surface area (Å²) in [6.07, 6.45) is -1.64. The number of primary amides is 1. The molecule has 0 heterocycles. The Bertz CT molecular complexity index is 1240. The lowest BCUT2D eigenvalue weighted by molar-refractivity contribution is -0.169. The monoisotopic (exact) mass is 537 g/mol. The van der Waals surface area contributed by atoms with E-state index in [0.29, 0.717) is 10.0 Å². The number of hydrogen-bond acceptors (Lipinski definition) is 10. The number of aliphatic hydroxyl groups excluding tert-OH is 3. The lowest BCUT2D eigenvalue weighted by Gasteiger charge is -2.53. The summed E-state index contributed by atoms with van der Waals surface area (Å²) in [6.45, 7) is 1.64. The van der Waals surface area contributed by atoms with Crippen LogP contribution in [0.5, 0.6) is 5.75 Å². The largest absolute Gasteiger partial charge is 0.508 e. The molecule has 0 spiro atoms. The highest BCUT2D eigenvalue weighted by atomic mass is 79.9. The van der Waals surface area contributed by atoms with Crippen LogP contribution in [-0.4, -0.2) is 79.7 Å². The number of carbonyl (C=O) groups excluding carboxylic acids is 3. The number of Topliss-reactive ketones (excluding diaryl/α,β-unsaturated/α-hetero) is 2. The van der Waals surface area contributed by atoms with Crippen LogP contribution in [0.15, 0.2) is 27.4 Å². The van der Waals surface area contributed by atoms with E-state index in [9.17, 15) is 39.9 Å². The van der Waals surface area contributed by atoms with Gasteiger partial charge in [0, 0.05) is 16.0 Å². The number of anilines is 1. The second kappa shape index (κ2) is 7.54. The number of ketones is 2. The normalized spacial score (nSPS) is 33.1. The van der Waals surface area contributed by atoms with Gasteiger partial charge in [0.05, 0.1) is 29.3 Å². The third-order valence-electron chi connectivity index (χ3n) is 7.24. The topological polar surface area (TPSA) is 208 Å². The maximum absolute atomic E-state index is 13.8. The van der Waals surface area contributed by atoms with Crippen LogP contribution >= 0.6 is 15.9 Å². The maximum atomic E-state index is 13.8. The van der Waals surface area contributed by atoms with Gasteiger partial charge in [-0.3, -0.25) is 19.3 Å². The molecule has 0 aliphatic heterocycles. The van der Waals surface area contributed by atoms with Crippen LogP contribution in [-0.2, 0) is 14.4 Å². The summed E-state index contributed by atoms with van der Waals surface area (Å²) in [4.78, 5) is 40.2. The Hall–Kier alpha value is -2.93. The van der Waals surface area contributed by atoms with E-state index in [2.05, 4.69) is 15.9 Å². The van der Waals surface area contributed by atoms with Crippen molar-refractivity contribution in [2.75, 3.05) is 19.8 Å². The molecule has 34 heavy (non-hydrogen) atoms. The van der Waals surface area contributed by atoms with Crippen molar-refractivity contribution in [3.63, 3.8) is 0 Å². The van der Waals surface area contributed by atoms with Crippen LogP contribution in [0.1, 0.15) is 24.0 Å². The third-order valence-corrected chi connectivity index (χ3v) is 7.90.